The number of morpholine rings is 1. The van der Waals surface area contributed by atoms with Crippen LogP contribution < -0.4 is 4.90 Å². The first-order valence-corrected chi connectivity index (χ1v) is 10.1. The van der Waals surface area contributed by atoms with Crippen LogP contribution in [0.25, 0.3) is 10.9 Å². The number of benzene rings is 1. The second kappa shape index (κ2) is 7.40. The molecule has 0 radical (unpaired) electrons. The van der Waals surface area contributed by atoms with Crippen LogP contribution in [0.1, 0.15) is 10.4 Å². The maximum absolute atomic E-state index is 13.2. The van der Waals surface area contributed by atoms with E-state index in [0.717, 1.165) is 41.2 Å². The van der Waals surface area contributed by atoms with Gasteiger partial charge in [-0.15, -0.1) is 0 Å². The summed E-state index contributed by atoms with van der Waals surface area (Å²) in [6.45, 7) is 4.30. The fraction of sp³-hybridized carbons (Fsp3) is 0.444. The summed E-state index contributed by atoms with van der Waals surface area (Å²) in [6, 6.07) is 5.69. The molecule has 0 aliphatic carbocycles. The van der Waals surface area contributed by atoms with Gasteiger partial charge in [-0.1, -0.05) is 11.6 Å². The first-order valence-electron chi connectivity index (χ1n) is 8.52. The highest BCUT2D eigenvalue weighted by Crippen LogP contribution is 2.33. The predicted octanol–water partition coefficient (Wildman–Crippen LogP) is 2.91. The van der Waals surface area contributed by atoms with Crippen LogP contribution in [0.5, 0.6) is 0 Å². The second-order valence-corrected chi connectivity index (χ2v) is 7.85. The minimum Gasteiger partial charge on any atom is -0.378 e. The Morgan fingerprint density at radius 2 is 1.92 bits per heavy atom. The van der Waals surface area contributed by atoms with Gasteiger partial charge in [0.25, 0.3) is 5.91 Å². The molecule has 2 aliphatic rings. The van der Waals surface area contributed by atoms with Crippen LogP contribution in [0.15, 0.2) is 24.4 Å². The summed E-state index contributed by atoms with van der Waals surface area (Å²) in [6.07, 6.45) is 1.73. The molecule has 0 atom stereocenters. The number of fused-ring (bicyclic) bond motifs is 1. The molecule has 0 unspecified atom stereocenters. The largest absolute Gasteiger partial charge is 0.378 e. The third-order valence-electron chi connectivity index (χ3n) is 4.66. The van der Waals surface area contributed by atoms with Crippen molar-refractivity contribution in [3.63, 3.8) is 0 Å². The maximum atomic E-state index is 13.2. The van der Waals surface area contributed by atoms with Gasteiger partial charge in [0.05, 0.1) is 30.0 Å². The van der Waals surface area contributed by atoms with E-state index in [4.69, 9.17) is 16.3 Å². The standard InChI is InChI=1S/C18H20ClN3O2S/c19-13-1-2-16-14(11-13)17(21-5-9-25-10-6-21)15(12-20-16)18(23)22-3-7-24-8-4-22/h1-2,11-12H,3-10H2. The average molecular weight is 378 g/mol. The Morgan fingerprint density at radius 3 is 2.68 bits per heavy atom. The van der Waals surface area contributed by atoms with Gasteiger partial charge in [-0.25, -0.2) is 0 Å². The molecule has 5 nitrogen and oxygen atoms in total. The Labute approximate surface area is 156 Å². The van der Waals surface area contributed by atoms with E-state index in [1.165, 1.54) is 0 Å². The number of thioether (sulfide) groups is 1. The highest BCUT2D eigenvalue weighted by atomic mass is 35.5. The summed E-state index contributed by atoms with van der Waals surface area (Å²) in [4.78, 5) is 21.9. The highest BCUT2D eigenvalue weighted by molar-refractivity contribution is 7.99. The highest BCUT2D eigenvalue weighted by Gasteiger charge is 2.26. The van der Waals surface area contributed by atoms with Crippen molar-refractivity contribution >= 4 is 45.9 Å². The van der Waals surface area contributed by atoms with Crippen molar-refractivity contribution in [2.24, 2.45) is 0 Å². The number of hydrogen-bond acceptors (Lipinski definition) is 5. The van der Waals surface area contributed by atoms with Gasteiger partial charge >= 0.3 is 0 Å². The number of ether oxygens (including phenoxy) is 1. The molecule has 4 rings (SSSR count). The van der Waals surface area contributed by atoms with Crippen molar-refractivity contribution < 1.29 is 9.53 Å². The molecule has 2 saturated heterocycles. The number of rotatable bonds is 2. The smallest absolute Gasteiger partial charge is 0.257 e. The van der Waals surface area contributed by atoms with Crippen LogP contribution in [0.4, 0.5) is 5.69 Å². The number of aromatic nitrogens is 1. The number of pyridine rings is 1. The van der Waals surface area contributed by atoms with Crippen LogP contribution in [0.3, 0.4) is 0 Å². The Balaban J connectivity index is 1.82. The van der Waals surface area contributed by atoms with Gasteiger partial charge in [0.1, 0.15) is 0 Å². The zero-order chi connectivity index (χ0) is 17.2. The Kier molecular flexibility index (Phi) is 5.01. The first-order chi connectivity index (χ1) is 12.2. The maximum Gasteiger partial charge on any atom is 0.257 e. The number of carbonyl (C=O) groups excluding carboxylic acids is 1. The molecule has 1 aromatic carbocycles. The van der Waals surface area contributed by atoms with Crippen molar-refractivity contribution in [3.05, 3.63) is 35.0 Å². The third-order valence-corrected chi connectivity index (χ3v) is 5.84. The van der Waals surface area contributed by atoms with Gasteiger partial charge in [-0.2, -0.15) is 11.8 Å². The molecule has 0 N–H and O–H groups in total. The Bertz CT molecular complexity index is 789. The molecular weight excluding hydrogens is 358 g/mol. The van der Waals surface area contributed by atoms with E-state index in [0.29, 0.717) is 36.9 Å². The van der Waals surface area contributed by atoms with E-state index >= 15 is 0 Å². The van der Waals surface area contributed by atoms with Gasteiger partial charge in [0, 0.05) is 54.3 Å². The van der Waals surface area contributed by atoms with Crippen molar-refractivity contribution in [2.75, 3.05) is 55.8 Å². The number of carbonyl (C=O) groups is 1. The SMILES string of the molecule is O=C(c1cnc2ccc(Cl)cc2c1N1CCSCC1)N1CCOCC1. The molecule has 0 saturated carbocycles. The van der Waals surface area contributed by atoms with E-state index < -0.39 is 0 Å². The molecule has 0 bridgehead atoms. The molecule has 2 fully saturated rings. The number of hydrogen-bond donors (Lipinski definition) is 0. The van der Waals surface area contributed by atoms with Gasteiger partial charge in [0.2, 0.25) is 0 Å². The van der Waals surface area contributed by atoms with Gasteiger partial charge < -0.3 is 14.5 Å². The Hall–Kier alpha value is -1.50. The van der Waals surface area contributed by atoms with E-state index in [9.17, 15) is 4.79 Å². The van der Waals surface area contributed by atoms with E-state index in [2.05, 4.69) is 9.88 Å². The zero-order valence-corrected chi connectivity index (χ0v) is 15.5. The normalized spacial score (nSPS) is 18.6. The molecule has 2 aromatic rings. The number of amides is 1. The molecule has 3 heterocycles. The minimum atomic E-state index is 0.0332. The molecule has 132 valence electrons. The van der Waals surface area contributed by atoms with Crippen molar-refractivity contribution in [1.29, 1.82) is 0 Å². The summed E-state index contributed by atoms with van der Waals surface area (Å²) in [5.74, 6) is 2.16. The van der Waals surface area contributed by atoms with Crippen LogP contribution in [-0.4, -0.2) is 66.7 Å². The fourth-order valence-electron chi connectivity index (χ4n) is 3.37. The summed E-state index contributed by atoms with van der Waals surface area (Å²) < 4.78 is 5.38. The minimum absolute atomic E-state index is 0.0332. The molecule has 0 spiro atoms. The Morgan fingerprint density at radius 1 is 1.16 bits per heavy atom. The lowest BCUT2D eigenvalue weighted by atomic mass is 10.1. The first kappa shape index (κ1) is 16.9. The lowest BCUT2D eigenvalue weighted by Crippen LogP contribution is -2.42. The zero-order valence-electron chi connectivity index (χ0n) is 13.9. The lowest BCUT2D eigenvalue weighted by Gasteiger charge is -2.33. The van der Waals surface area contributed by atoms with Crippen LogP contribution >= 0.6 is 23.4 Å². The quantitative estimate of drug-likeness (QED) is 0.805. The van der Waals surface area contributed by atoms with E-state index in [-0.39, 0.29) is 5.91 Å². The predicted molar refractivity (Wildman–Crippen MR) is 103 cm³/mol. The summed E-state index contributed by atoms with van der Waals surface area (Å²) in [5, 5.41) is 1.62. The topological polar surface area (TPSA) is 45.7 Å². The molecule has 1 aromatic heterocycles. The van der Waals surface area contributed by atoms with Gasteiger partial charge in [-0.3, -0.25) is 9.78 Å². The van der Waals surface area contributed by atoms with Crippen molar-refractivity contribution in [3.8, 4) is 0 Å². The molecule has 2 aliphatic heterocycles. The summed E-state index contributed by atoms with van der Waals surface area (Å²) in [7, 11) is 0. The van der Waals surface area contributed by atoms with Crippen LogP contribution in [-0.2, 0) is 4.74 Å². The second-order valence-electron chi connectivity index (χ2n) is 6.19. The monoisotopic (exact) mass is 377 g/mol. The fourth-order valence-corrected chi connectivity index (χ4v) is 4.45. The number of halogens is 1. The molecule has 1 amide bonds. The lowest BCUT2D eigenvalue weighted by molar-refractivity contribution is 0.0303. The van der Waals surface area contributed by atoms with Gasteiger partial charge in [-0.05, 0) is 18.2 Å². The average Bonchev–Trinajstić information content (AvgIpc) is 2.68. The van der Waals surface area contributed by atoms with Crippen molar-refractivity contribution in [1.82, 2.24) is 9.88 Å². The van der Waals surface area contributed by atoms with E-state index in [1.54, 1.807) is 6.20 Å². The van der Waals surface area contributed by atoms with Crippen LogP contribution in [0, 0.1) is 0 Å². The summed E-state index contributed by atoms with van der Waals surface area (Å²) in [5.41, 5.74) is 2.52. The van der Waals surface area contributed by atoms with Gasteiger partial charge in [0.15, 0.2) is 0 Å². The third kappa shape index (κ3) is 3.43. The summed E-state index contributed by atoms with van der Waals surface area (Å²) >= 11 is 8.20. The van der Waals surface area contributed by atoms with E-state index in [1.807, 2.05) is 34.9 Å². The van der Waals surface area contributed by atoms with Crippen molar-refractivity contribution in [2.45, 2.75) is 0 Å². The molecular formula is C18H20ClN3O2S. The number of anilines is 1. The molecule has 7 heteroatoms. The molecule has 25 heavy (non-hydrogen) atoms. The van der Waals surface area contributed by atoms with Crippen LogP contribution in [0.2, 0.25) is 5.02 Å². The number of nitrogens with zero attached hydrogens (tertiary/aromatic N) is 3.